The molecule has 1 amide bonds. The summed E-state index contributed by atoms with van der Waals surface area (Å²) in [5.74, 6) is 6.28. The van der Waals surface area contributed by atoms with Crippen LogP contribution in [0.3, 0.4) is 0 Å². The highest BCUT2D eigenvalue weighted by Crippen LogP contribution is 2.44. The zero-order chi connectivity index (χ0) is 20.1. The molecule has 0 aromatic heterocycles. The molecule has 0 fully saturated rings. The second-order valence-corrected chi connectivity index (χ2v) is 7.17. The Hall–Kier alpha value is -3.51. The van der Waals surface area contributed by atoms with Gasteiger partial charge in [0.05, 0.1) is 0 Å². The first-order chi connectivity index (χ1) is 14.2. The summed E-state index contributed by atoms with van der Waals surface area (Å²) in [5, 5.41) is 2.79. The van der Waals surface area contributed by atoms with Gasteiger partial charge in [0, 0.05) is 24.4 Å². The second-order valence-electron chi connectivity index (χ2n) is 7.17. The number of hydrogen-bond donors (Lipinski definition) is 1. The number of hydrogen-bond acceptors (Lipinski definition) is 2. The minimum absolute atomic E-state index is 0.0780. The van der Waals surface area contributed by atoms with E-state index in [0.29, 0.717) is 19.6 Å². The molecule has 1 aliphatic rings. The topological polar surface area (TPSA) is 38.3 Å². The molecule has 3 heteroatoms. The number of alkyl carbamates (subject to hydrolysis) is 1. The van der Waals surface area contributed by atoms with Crippen molar-refractivity contribution in [3.05, 3.63) is 95.1 Å². The summed E-state index contributed by atoms with van der Waals surface area (Å²) in [5.41, 5.74) is 7.06. The first-order valence-electron chi connectivity index (χ1n) is 9.87. The zero-order valence-electron chi connectivity index (χ0n) is 16.4. The van der Waals surface area contributed by atoms with Gasteiger partial charge in [-0.2, -0.15) is 0 Å². The average Bonchev–Trinajstić information content (AvgIpc) is 3.06. The molecule has 4 rings (SSSR count). The molecule has 3 aromatic rings. The van der Waals surface area contributed by atoms with E-state index in [1.807, 2.05) is 55.5 Å². The first kappa shape index (κ1) is 18.8. The summed E-state index contributed by atoms with van der Waals surface area (Å²) in [4.78, 5) is 12.1. The normalized spacial score (nSPS) is 11.8. The van der Waals surface area contributed by atoms with Crippen molar-refractivity contribution >= 4 is 6.09 Å². The van der Waals surface area contributed by atoms with Crippen molar-refractivity contribution in [3.8, 4) is 23.0 Å². The molecule has 0 atom stereocenters. The summed E-state index contributed by atoms with van der Waals surface area (Å²) in [6, 6.07) is 24.7. The molecule has 3 aromatic carbocycles. The zero-order valence-corrected chi connectivity index (χ0v) is 16.4. The molecule has 144 valence electrons. The van der Waals surface area contributed by atoms with Crippen LogP contribution in [0.1, 0.15) is 34.6 Å². The average molecular weight is 381 g/mol. The van der Waals surface area contributed by atoms with E-state index >= 15 is 0 Å². The van der Waals surface area contributed by atoms with Crippen LogP contribution in [0.15, 0.2) is 72.8 Å². The molecular formula is C26H23NO2. The Labute approximate surface area is 171 Å². The number of carbonyl (C=O) groups excluding carboxylic acids is 1. The maximum Gasteiger partial charge on any atom is 0.407 e. The van der Waals surface area contributed by atoms with E-state index in [-0.39, 0.29) is 5.92 Å². The lowest BCUT2D eigenvalue weighted by molar-refractivity contribution is 0.143. The van der Waals surface area contributed by atoms with Crippen molar-refractivity contribution in [2.45, 2.75) is 19.3 Å². The molecule has 0 saturated carbocycles. The predicted molar refractivity (Wildman–Crippen MR) is 116 cm³/mol. The van der Waals surface area contributed by atoms with Crippen LogP contribution in [0, 0.1) is 18.8 Å². The Morgan fingerprint density at radius 1 is 0.966 bits per heavy atom. The standard InChI is InChI=1S/C26H23NO2/c1-19-9-8-11-20(17-19)10-6-7-16-27-26(28)29-18-25-23-14-4-2-12-21(23)22-13-3-5-15-24(22)25/h2-5,8-9,11-15,17,25H,7,16,18H2,1H3,(H,27,28). The quantitative estimate of drug-likeness (QED) is 0.493. The molecular weight excluding hydrogens is 358 g/mol. The highest BCUT2D eigenvalue weighted by atomic mass is 16.5. The maximum atomic E-state index is 12.1. The van der Waals surface area contributed by atoms with Gasteiger partial charge in [-0.25, -0.2) is 4.79 Å². The minimum atomic E-state index is -0.399. The summed E-state index contributed by atoms with van der Waals surface area (Å²) in [7, 11) is 0. The van der Waals surface area contributed by atoms with Crippen molar-refractivity contribution in [1.29, 1.82) is 0 Å². The molecule has 29 heavy (non-hydrogen) atoms. The Morgan fingerprint density at radius 2 is 1.66 bits per heavy atom. The number of amides is 1. The van der Waals surface area contributed by atoms with Crippen molar-refractivity contribution in [3.63, 3.8) is 0 Å². The first-order valence-corrected chi connectivity index (χ1v) is 9.87. The molecule has 0 saturated heterocycles. The van der Waals surface area contributed by atoms with E-state index in [2.05, 4.69) is 41.4 Å². The molecule has 0 unspecified atom stereocenters. The lowest BCUT2D eigenvalue weighted by Gasteiger charge is -2.14. The van der Waals surface area contributed by atoms with Gasteiger partial charge in [0.2, 0.25) is 0 Å². The fourth-order valence-electron chi connectivity index (χ4n) is 3.76. The maximum absolute atomic E-state index is 12.1. The van der Waals surface area contributed by atoms with Gasteiger partial charge in [-0.15, -0.1) is 0 Å². The third kappa shape index (κ3) is 4.33. The number of benzene rings is 3. The monoisotopic (exact) mass is 381 g/mol. The van der Waals surface area contributed by atoms with E-state index in [1.165, 1.54) is 27.8 Å². The van der Waals surface area contributed by atoms with Crippen LogP contribution < -0.4 is 5.32 Å². The number of aryl methyl sites for hydroxylation is 1. The molecule has 0 spiro atoms. The van der Waals surface area contributed by atoms with Crippen molar-refractivity contribution < 1.29 is 9.53 Å². The lowest BCUT2D eigenvalue weighted by atomic mass is 9.98. The van der Waals surface area contributed by atoms with E-state index in [1.54, 1.807) is 0 Å². The fourth-order valence-corrected chi connectivity index (χ4v) is 3.76. The van der Waals surface area contributed by atoms with Gasteiger partial charge in [-0.3, -0.25) is 0 Å². The summed E-state index contributed by atoms with van der Waals surface area (Å²) in [6.45, 7) is 2.84. The van der Waals surface area contributed by atoms with Gasteiger partial charge in [0.1, 0.15) is 6.61 Å². The number of fused-ring (bicyclic) bond motifs is 3. The smallest absolute Gasteiger partial charge is 0.407 e. The Kier molecular flexibility index (Phi) is 5.63. The van der Waals surface area contributed by atoms with Crippen LogP contribution in [0.25, 0.3) is 11.1 Å². The van der Waals surface area contributed by atoms with Crippen molar-refractivity contribution in [1.82, 2.24) is 5.32 Å². The van der Waals surface area contributed by atoms with E-state index in [0.717, 1.165) is 5.56 Å². The van der Waals surface area contributed by atoms with Gasteiger partial charge < -0.3 is 10.1 Å². The van der Waals surface area contributed by atoms with Gasteiger partial charge in [0.25, 0.3) is 0 Å². The molecule has 0 aliphatic heterocycles. The Morgan fingerprint density at radius 3 is 2.34 bits per heavy atom. The molecule has 0 bridgehead atoms. The number of ether oxygens (including phenoxy) is 1. The van der Waals surface area contributed by atoms with Gasteiger partial charge in [0.15, 0.2) is 0 Å². The van der Waals surface area contributed by atoms with Crippen LogP contribution in [0.5, 0.6) is 0 Å². The Bertz CT molecular complexity index is 1050. The van der Waals surface area contributed by atoms with Gasteiger partial charge in [-0.05, 0) is 46.9 Å². The highest BCUT2D eigenvalue weighted by Gasteiger charge is 2.28. The van der Waals surface area contributed by atoms with Crippen molar-refractivity contribution in [2.24, 2.45) is 0 Å². The van der Waals surface area contributed by atoms with Crippen molar-refractivity contribution in [2.75, 3.05) is 13.2 Å². The molecule has 1 aliphatic carbocycles. The van der Waals surface area contributed by atoms with Crippen LogP contribution in [0.4, 0.5) is 4.79 Å². The summed E-state index contributed by atoms with van der Waals surface area (Å²) < 4.78 is 5.52. The molecule has 3 nitrogen and oxygen atoms in total. The fraction of sp³-hybridized carbons (Fsp3) is 0.192. The van der Waals surface area contributed by atoms with Crippen LogP contribution >= 0.6 is 0 Å². The molecule has 0 heterocycles. The minimum Gasteiger partial charge on any atom is -0.449 e. The highest BCUT2D eigenvalue weighted by molar-refractivity contribution is 5.79. The van der Waals surface area contributed by atoms with Crippen LogP contribution in [-0.2, 0) is 4.74 Å². The van der Waals surface area contributed by atoms with Crippen LogP contribution in [0.2, 0.25) is 0 Å². The summed E-state index contributed by atoms with van der Waals surface area (Å²) >= 11 is 0. The molecule has 1 N–H and O–H groups in total. The van der Waals surface area contributed by atoms with Crippen LogP contribution in [-0.4, -0.2) is 19.2 Å². The summed E-state index contributed by atoms with van der Waals surface area (Å²) in [6.07, 6.45) is 0.183. The van der Waals surface area contributed by atoms with E-state index in [4.69, 9.17) is 4.74 Å². The predicted octanol–water partition coefficient (Wildman–Crippen LogP) is 5.28. The number of rotatable bonds is 4. The van der Waals surface area contributed by atoms with E-state index < -0.39 is 6.09 Å². The third-order valence-electron chi connectivity index (χ3n) is 5.11. The molecule has 0 radical (unpaired) electrons. The number of carbonyl (C=O) groups is 1. The SMILES string of the molecule is Cc1cccc(C#CCCNC(=O)OCC2c3ccccc3-c3ccccc32)c1. The third-order valence-corrected chi connectivity index (χ3v) is 5.11. The Balaban J connectivity index is 1.29. The van der Waals surface area contributed by atoms with Gasteiger partial charge >= 0.3 is 6.09 Å². The van der Waals surface area contributed by atoms with Gasteiger partial charge in [-0.1, -0.05) is 72.5 Å². The second kappa shape index (κ2) is 8.67. The van der Waals surface area contributed by atoms with E-state index in [9.17, 15) is 4.79 Å². The lowest BCUT2D eigenvalue weighted by Crippen LogP contribution is -2.26. The largest absolute Gasteiger partial charge is 0.449 e. The number of nitrogens with one attached hydrogen (secondary N) is 1.